The van der Waals surface area contributed by atoms with Crippen molar-refractivity contribution in [3.63, 3.8) is 0 Å². The second-order valence-electron chi connectivity index (χ2n) is 4.18. The van der Waals surface area contributed by atoms with E-state index in [9.17, 15) is 0 Å². The van der Waals surface area contributed by atoms with Gasteiger partial charge < -0.3 is 16.4 Å². The van der Waals surface area contributed by atoms with Gasteiger partial charge in [0.2, 0.25) is 0 Å². The van der Waals surface area contributed by atoms with Crippen molar-refractivity contribution in [2.75, 3.05) is 13.1 Å². The summed E-state index contributed by atoms with van der Waals surface area (Å²) in [5.41, 5.74) is 5.35. The molecule has 19 heavy (non-hydrogen) atoms. The third-order valence-corrected chi connectivity index (χ3v) is 2.22. The third-order valence-electron chi connectivity index (χ3n) is 2.22. The zero-order valence-electron chi connectivity index (χ0n) is 12.1. The molecule has 5 heteroatoms. The smallest absolute Gasteiger partial charge is 0.100 e. The van der Waals surface area contributed by atoms with Crippen molar-refractivity contribution in [2.24, 2.45) is 10.7 Å². The van der Waals surface area contributed by atoms with Crippen LogP contribution in [0.3, 0.4) is 0 Å². The van der Waals surface area contributed by atoms with Crippen LogP contribution in [-0.2, 0) is 0 Å². The van der Waals surface area contributed by atoms with Gasteiger partial charge in [0.15, 0.2) is 0 Å². The highest BCUT2D eigenvalue weighted by Gasteiger charge is 1.95. The van der Waals surface area contributed by atoms with Crippen LogP contribution in [0.15, 0.2) is 29.2 Å². The molecule has 0 fully saturated rings. The van der Waals surface area contributed by atoms with E-state index >= 15 is 0 Å². The lowest BCUT2D eigenvalue weighted by Gasteiger charge is -2.11. The lowest BCUT2D eigenvalue weighted by Crippen LogP contribution is -2.30. The molecule has 0 aromatic carbocycles. The minimum Gasteiger partial charge on any atom is -0.372 e. The molecule has 108 valence electrons. The molecule has 0 amide bonds. The van der Waals surface area contributed by atoms with Crippen LogP contribution in [0.25, 0.3) is 0 Å². The lowest BCUT2D eigenvalue weighted by atomic mass is 10.3. The largest absolute Gasteiger partial charge is 0.372 e. The summed E-state index contributed by atoms with van der Waals surface area (Å²) in [6.07, 6.45) is 11.4. The van der Waals surface area contributed by atoms with Gasteiger partial charge >= 0.3 is 0 Å². The monoisotopic (exact) mass is 265 g/mol. The Morgan fingerprint density at radius 1 is 1.42 bits per heavy atom. The molecule has 0 rings (SSSR count). The first-order valence-corrected chi connectivity index (χ1v) is 6.83. The Labute approximate surface area is 116 Å². The van der Waals surface area contributed by atoms with E-state index in [1.54, 1.807) is 19.3 Å². The minimum absolute atomic E-state index is 0.431. The number of nitrogens with zero attached hydrogens (tertiary/aromatic N) is 1. The van der Waals surface area contributed by atoms with Crippen molar-refractivity contribution in [3.05, 3.63) is 24.2 Å². The molecule has 5 N–H and O–H groups in total. The van der Waals surface area contributed by atoms with Crippen LogP contribution in [0.5, 0.6) is 0 Å². The third kappa shape index (κ3) is 12.6. The van der Waals surface area contributed by atoms with E-state index < -0.39 is 0 Å². The SMILES string of the molecule is CCCCN/C(=C/C/C=C\N=CCCN)NC(C)=N. The first-order valence-electron chi connectivity index (χ1n) is 6.83. The molecule has 0 spiro atoms. The predicted molar refractivity (Wildman–Crippen MR) is 83.5 cm³/mol. The van der Waals surface area contributed by atoms with Crippen LogP contribution in [0.2, 0.25) is 0 Å². The quantitative estimate of drug-likeness (QED) is 0.277. The molecule has 0 atom stereocenters. The number of nitrogens with two attached hydrogens (primary N) is 1. The lowest BCUT2D eigenvalue weighted by molar-refractivity contribution is 0.687. The van der Waals surface area contributed by atoms with Crippen molar-refractivity contribution in [1.82, 2.24) is 10.6 Å². The topological polar surface area (TPSA) is 86.3 Å². The van der Waals surface area contributed by atoms with Crippen LogP contribution in [0, 0.1) is 5.41 Å². The predicted octanol–water partition coefficient (Wildman–Crippen LogP) is 2.13. The fraction of sp³-hybridized carbons (Fsp3) is 0.571. The molecule has 0 aliphatic heterocycles. The molecule has 0 bridgehead atoms. The molecule has 0 saturated carbocycles. The Morgan fingerprint density at radius 2 is 2.21 bits per heavy atom. The van der Waals surface area contributed by atoms with E-state index in [2.05, 4.69) is 22.5 Å². The van der Waals surface area contributed by atoms with E-state index in [4.69, 9.17) is 11.1 Å². The first-order chi connectivity index (χ1) is 9.20. The number of aliphatic imine (C=N–C) groups is 1. The second kappa shape index (κ2) is 12.8. The van der Waals surface area contributed by atoms with Gasteiger partial charge in [-0.1, -0.05) is 19.4 Å². The van der Waals surface area contributed by atoms with Crippen LogP contribution in [0.4, 0.5) is 0 Å². The molecule has 0 aliphatic rings. The normalized spacial score (nSPS) is 12.3. The van der Waals surface area contributed by atoms with E-state index in [1.165, 1.54) is 0 Å². The number of hydrogen-bond acceptors (Lipinski definition) is 4. The molecular formula is C14H27N5. The van der Waals surface area contributed by atoms with Gasteiger partial charge in [-0.3, -0.25) is 10.4 Å². The van der Waals surface area contributed by atoms with Crippen LogP contribution in [0.1, 0.15) is 39.5 Å². The Kier molecular flexibility index (Phi) is 11.7. The summed E-state index contributed by atoms with van der Waals surface area (Å²) in [5, 5.41) is 13.7. The number of amidine groups is 1. The van der Waals surface area contributed by atoms with E-state index in [0.29, 0.717) is 12.4 Å². The Bertz CT molecular complexity index is 318. The van der Waals surface area contributed by atoms with Crippen LogP contribution >= 0.6 is 0 Å². The summed E-state index contributed by atoms with van der Waals surface area (Å²) in [7, 11) is 0. The summed E-state index contributed by atoms with van der Waals surface area (Å²) in [4.78, 5) is 4.10. The molecule has 0 saturated heterocycles. The standard InChI is InChI=1S/C14H27N5/c1-3-4-12-18-14(19-13(2)16)8-5-6-10-17-11-7-9-15/h6,8,10-11,18H,3-5,7,9,12,15H2,1-2H3,(H2,16,19)/b10-6-,14-8-,17-11?. The fourth-order valence-electron chi connectivity index (χ4n) is 1.29. The maximum absolute atomic E-state index is 7.45. The number of hydrogen-bond donors (Lipinski definition) is 4. The second-order valence-corrected chi connectivity index (χ2v) is 4.18. The van der Waals surface area contributed by atoms with Crippen molar-refractivity contribution >= 4 is 12.1 Å². The fourth-order valence-corrected chi connectivity index (χ4v) is 1.29. The molecular weight excluding hydrogens is 238 g/mol. The molecule has 0 heterocycles. The zero-order valence-corrected chi connectivity index (χ0v) is 12.1. The van der Waals surface area contributed by atoms with Gasteiger partial charge in [0.05, 0.1) is 5.84 Å². The molecule has 0 aliphatic carbocycles. The Morgan fingerprint density at radius 3 is 2.84 bits per heavy atom. The van der Waals surface area contributed by atoms with Crippen molar-refractivity contribution < 1.29 is 0 Å². The van der Waals surface area contributed by atoms with Crippen molar-refractivity contribution in [2.45, 2.75) is 39.5 Å². The highest BCUT2D eigenvalue weighted by molar-refractivity contribution is 5.77. The average Bonchev–Trinajstić information content (AvgIpc) is 2.37. The van der Waals surface area contributed by atoms with Crippen LogP contribution in [-0.4, -0.2) is 25.1 Å². The summed E-state index contributed by atoms with van der Waals surface area (Å²) in [6.45, 7) is 5.43. The van der Waals surface area contributed by atoms with Crippen molar-refractivity contribution in [1.29, 1.82) is 5.41 Å². The average molecular weight is 265 g/mol. The summed E-state index contributed by atoms with van der Waals surface area (Å²) < 4.78 is 0. The van der Waals surface area contributed by atoms with Crippen LogP contribution < -0.4 is 16.4 Å². The molecule has 5 nitrogen and oxygen atoms in total. The van der Waals surface area contributed by atoms with Gasteiger partial charge in [-0.05, 0) is 38.8 Å². The zero-order chi connectivity index (χ0) is 14.3. The summed E-state index contributed by atoms with van der Waals surface area (Å²) >= 11 is 0. The maximum atomic E-state index is 7.45. The van der Waals surface area contributed by atoms with Gasteiger partial charge in [0.25, 0.3) is 0 Å². The molecule has 0 unspecified atom stereocenters. The maximum Gasteiger partial charge on any atom is 0.100 e. The van der Waals surface area contributed by atoms with Gasteiger partial charge in [-0.15, -0.1) is 0 Å². The molecule has 0 aromatic rings. The highest BCUT2D eigenvalue weighted by atomic mass is 15.1. The number of unbranched alkanes of at least 4 members (excludes halogenated alkanes) is 1. The number of allylic oxidation sites excluding steroid dienone is 2. The molecule has 0 aromatic heterocycles. The van der Waals surface area contributed by atoms with E-state index in [1.807, 2.05) is 12.2 Å². The Hall–Kier alpha value is -1.62. The summed E-state index contributed by atoms with van der Waals surface area (Å²) in [6, 6.07) is 0. The number of rotatable bonds is 10. The van der Waals surface area contributed by atoms with Crippen molar-refractivity contribution in [3.8, 4) is 0 Å². The minimum atomic E-state index is 0.431. The van der Waals surface area contributed by atoms with Gasteiger partial charge in [-0.25, -0.2) is 0 Å². The highest BCUT2D eigenvalue weighted by Crippen LogP contribution is 1.93. The first kappa shape index (κ1) is 17.4. The molecule has 0 radical (unpaired) electrons. The number of nitrogens with one attached hydrogen (secondary N) is 3. The van der Waals surface area contributed by atoms with E-state index in [-0.39, 0.29) is 0 Å². The Balaban J connectivity index is 4.11. The summed E-state index contributed by atoms with van der Waals surface area (Å²) in [5.74, 6) is 1.32. The van der Waals surface area contributed by atoms with E-state index in [0.717, 1.165) is 38.0 Å². The van der Waals surface area contributed by atoms with Gasteiger partial charge in [-0.2, -0.15) is 0 Å². The van der Waals surface area contributed by atoms with Gasteiger partial charge in [0.1, 0.15) is 5.82 Å². The van der Waals surface area contributed by atoms with Gasteiger partial charge in [0, 0.05) is 19.0 Å².